The molecule has 4 atom stereocenters. The first-order valence-corrected chi connectivity index (χ1v) is 9.90. The number of benzene rings is 1. The fraction of sp³-hybridized carbons (Fsp3) is 0.591. The Hall–Kier alpha value is -1.81. The smallest absolute Gasteiger partial charge is 0.410 e. The molecule has 4 nitrogen and oxygen atoms in total. The second-order valence-corrected chi connectivity index (χ2v) is 8.88. The average Bonchev–Trinajstić information content (AvgIpc) is 3.29. The van der Waals surface area contributed by atoms with E-state index in [0.717, 1.165) is 25.9 Å². The maximum Gasteiger partial charge on any atom is 0.410 e. The normalized spacial score (nSPS) is 31.0. The summed E-state index contributed by atoms with van der Waals surface area (Å²) in [5.74, 6) is 0.553. The van der Waals surface area contributed by atoms with Crippen LogP contribution >= 0.6 is 0 Å². The third kappa shape index (κ3) is 3.39. The molecule has 3 aliphatic rings. The summed E-state index contributed by atoms with van der Waals surface area (Å²) in [5.41, 5.74) is 0.906. The quantitative estimate of drug-likeness (QED) is 0.762. The Morgan fingerprint density at radius 1 is 1.19 bits per heavy atom. The van der Waals surface area contributed by atoms with Gasteiger partial charge in [0, 0.05) is 25.2 Å². The van der Waals surface area contributed by atoms with Crippen molar-refractivity contribution in [2.24, 2.45) is 5.92 Å². The van der Waals surface area contributed by atoms with E-state index in [4.69, 9.17) is 4.74 Å². The van der Waals surface area contributed by atoms with Gasteiger partial charge in [0.1, 0.15) is 5.60 Å². The lowest BCUT2D eigenvalue weighted by molar-refractivity contribution is 0.0111. The zero-order valence-corrected chi connectivity index (χ0v) is 16.1. The van der Waals surface area contributed by atoms with E-state index in [1.54, 1.807) is 0 Å². The van der Waals surface area contributed by atoms with Crippen molar-refractivity contribution < 1.29 is 9.53 Å². The largest absolute Gasteiger partial charge is 0.444 e. The van der Waals surface area contributed by atoms with Crippen LogP contribution in [0.25, 0.3) is 0 Å². The fourth-order valence-electron chi connectivity index (χ4n) is 4.89. The molecule has 0 radical (unpaired) electrons. The minimum Gasteiger partial charge on any atom is -0.444 e. The minimum absolute atomic E-state index is 0.147. The first-order chi connectivity index (χ1) is 12.4. The van der Waals surface area contributed by atoms with Crippen molar-refractivity contribution in [2.75, 3.05) is 6.54 Å². The molecule has 26 heavy (non-hydrogen) atoms. The summed E-state index contributed by atoms with van der Waals surface area (Å²) in [6.07, 6.45) is 7.92. The number of ether oxygens (including phenoxy) is 1. The van der Waals surface area contributed by atoms with Crippen molar-refractivity contribution in [1.29, 1.82) is 0 Å². The summed E-state index contributed by atoms with van der Waals surface area (Å²) in [5, 5.41) is 0. The highest BCUT2D eigenvalue weighted by atomic mass is 16.6. The Morgan fingerprint density at radius 2 is 1.96 bits per heavy atom. The molecule has 0 N–H and O–H groups in total. The highest BCUT2D eigenvalue weighted by Crippen LogP contribution is 2.43. The number of carbonyl (C=O) groups is 1. The molecule has 0 saturated carbocycles. The van der Waals surface area contributed by atoms with Crippen LogP contribution in [0.3, 0.4) is 0 Å². The van der Waals surface area contributed by atoms with E-state index in [2.05, 4.69) is 47.4 Å². The number of rotatable bonds is 3. The molecular formula is C22H30N2O2. The van der Waals surface area contributed by atoms with Gasteiger partial charge in [-0.2, -0.15) is 0 Å². The first kappa shape index (κ1) is 17.6. The van der Waals surface area contributed by atoms with Crippen LogP contribution in [0.2, 0.25) is 0 Å². The van der Waals surface area contributed by atoms with Gasteiger partial charge in [-0.3, -0.25) is 4.90 Å². The molecule has 1 aromatic rings. The Morgan fingerprint density at radius 3 is 2.69 bits per heavy atom. The maximum atomic E-state index is 12.8. The average molecular weight is 354 g/mol. The van der Waals surface area contributed by atoms with E-state index >= 15 is 0 Å². The van der Waals surface area contributed by atoms with Gasteiger partial charge in [0.25, 0.3) is 0 Å². The van der Waals surface area contributed by atoms with Gasteiger partial charge in [0.05, 0.1) is 6.04 Å². The molecule has 4 rings (SSSR count). The van der Waals surface area contributed by atoms with Crippen molar-refractivity contribution in [3.63, 3.8) is 0 Å². The topological polar surface area (TPSA) is 32.8 Å². The number of nitrogens with zero attached hydrogens (tertiary/aromatic N) is 2. The number of fused-ring (bicyclic) bond motifs is 2. The van der Waals surface area contributed by atoms with Crippen molar-refractivity contribution in [1.82, 2.24) is 9.80 Å². The van der Waals surface area contributed by atoms with E-state index in [-0.39, 0.29) is 12.1 Å². The molecule has 2 unspecified atom stereocenters. The minimum atomic E-state index is -0.442. The molecule has 2 aliphatic heterocycles. The molecule has 2 fully saturated rings. The molecule has 140 valence electrons. The van der Waals surface area contributed by atoms with Crippen LogP contribution in [-0.2, 0) is 11.3 Å². The predicted octanol–water partition coefficient (Wildman–Crippen LogP) is 4.22. The SMILES string of the molecule is CC(C)(C)OC(=O)N1CCCC1C1[C@@H]2C=C[C@@H](C2)N1Cc1ccccc1. The summed E-state index contributed by atoms with van der Waals surface area (Å²) in [4.78, 5) is 17.4. The highest BCUT2D eigenvalue weighted by Gasteiger charge is 2.50. The summed E-state index contributed by atoms with van der Waals surface area (Å²) in [6.45, 7) is 7.60. The van der Waals surface area contributed by atoms with Crippen LogP contribution in [0.5, 0.6) is 0 Å². The number of amides is 1. The van der Waals surface area contributed by atoms with Crippen molar-refractivity contribution in [3.8, 4) is 0 Å². The molecule has 0 spiro atoms. The lowest BCUT2D eigenvalue weighted by atomic mass is 9.93. The number of carbonyl (C=O) groups excluding carboxylic acids is 1. The first-order valence-electron chi connectivity index (χ1n) is 9.90. The van der Waals surface area contributed by atoms with Crippen molar-refractivity contribution in [2.45, 2.75) is 70.3 Å². The van der Waals surface area contributed by atoms with Gasteiger partial charge in [0.15, 0.2) is 0 Å². The Labute approximate surface area is 156 Å². The van der Waals surface area contributed by atoms with Crippen LogP contribution in [0.1, 0.15) is 45.6 Å². The highest BCUT2D eigenvalue weighted by molar-refractivity contribution is 5.69. The summed E-state index contributed by atoms with van der Waals surface area (Å²) in [7, 11) is 0. The van der Waals surface area contributed by atoms with Crippen LogP contribution in [0, 0.1) is 5.92 Å². The predicted molar refractivity (Wildman–Crippen MR) is 103 cm³/mol. The van der Waals surface area contributed by atoms with E-state index in [9.17, 15) is 4.79 Å². The summed E-state index contributed by atoms with van der Waals surface area (Å²) < 4.78 is 5.70. The van der Waals surface area contributed by atoms with Gasteiger partial charge in [0.2, 0.25) is 0 Å². The van der Waals surface area contributed by atoms with Gasteiger partial charge >= 0.3 is 6.09 Å². The molecule has 4 heteroatoms. The molecule has 2 saturated heterocycles. The molecule has 1 amide bonds. The van der Waals surface area contributed by atoms with Gasteiger partial charge in [-0.1, -0.05) is 42.5 Å². The Bertz CT molecular complexity index is 679. The Balaban J connectivity index is 1.54. The number of hydrogen-bond acceptors (Lipinski definition) is 3. The lowest BCUT2D eigenvalue weighted by Crippen LogP contribution is -2.53. The zero-order valence-electron chi connectivity index (χ0n) is 16.1. The number of likely N-dealkylation sites (tertiary alicyclic amines) is 2. The third-order valence-electron chi connectivity index (χ3n) is 5.87. The molecule has 2 heterocycles. The van der Waals surface area contributed by atoms with E-state index in [1.165, 1.54) is 12.0 Å². The van der Waals surface area contributed by atoms with E-state index < -0.39 is 5.60 Å². The van der Waals surface area contributed by atoms with Gasteiger partial charge in [-0.25, -0.2) is 4.79 Å². The van der Waals surface area contributed by atoms with E-state index in [0.29, 0.717) is 18.0 Å². The maximum absolute atomic E-state index is 12.8. The number of hydrogen-bond donors (Lipinski definition) is 0. The van der Waals surface area contributed by atoms with Gasteiger partial charge in [-0.15, -0.1) is 0 Å². The molecular weight excluding hydrogens is 324 g/mol. The molecule has 2 bridgehead atoms. The zero-order chi connectivity index (χ0) is 18.3. The van der Waals surface area contributed by atoms with Crippen LogP contribution in [0.4, 0.5) is 4.79 Å². The lowest BCUT2D eigenvalue weighted by Gasteiger charge is -2.40. The Kier molecular flexibility index (Phi) is 4.55. The molecule has 1 aliphatic carbocycles. The molecule has 0 aromatic heterocycles. The third-order valence-corrected chi connectivity index (χ3v) is 5.87. The summed E-state index contributed by atoms with van der Waals surface area (Å²) >= 11 is 0. The molecule has 1 aromatic carbocycles. The standard InChI is InChI=1S/C22H30N2O2/c1-22(2,3)26-21(25)23-13-7-10-19(23)20-17-11-12-18(14-17)24(20)15-16-8-5-4-6-9-16/h4-6,8-9,11-12,17-20H,7,10,13-15H2,1-3H3/t17-,18+,19?,20?/m1/s1. The van der Waals surface area contributed by atoms with Crippen molar-refractivity contribution in [3.05, 3.63) is 48.0 Å². The van der Waals surface area contributed by atoms with Crippen molar-refractivity contribution >= 4 is 6.09 Å². The van der Waals surface area contributed by atoms with Gasteiger partial charge < -0.3 is 9.64 Å². The van der Waals surface area contributed by atoms with Gasteiger partial charge in [-0.05, 0) is 51.5 Å². The second kappa shape index (κ2) is 6.73. The monoisotopic (exact) mass is 354 g/mol. The second-order valence-electron chi connectivity index (χ2n) is 8.88. The van der Waals surface area contributed by atoms with E-state index in [1.807, 2.05) is 25.7 Å². The fourth-order valence-corrected chi connectivity index (χ4v) is 4.89. The van der Waals surface area contributed by atoms with Crippen LogP contribution < -0.4 is 0 Å². The van der Waals surface area contributed by atoms with Crippen LogP contribution in [-0.4, -0.2) is 46.2 Å². The summed E-state index contributed by atoms with van der Waals surface area (Å²) in [6, 6.07) is 11.9. The van der Waals surface area contributed by atoms with Crippen LogP contribution in [0.15, 0.2) is 42.5 Å².